The highest BCUT2D eigenvalue weighted by atomic mass is 16.6. The SMILES string of the molecule is C=C(C)C(=C)OC(C)COc1ccc(C2(c3ccc(OCC(C)OC(=O)C(=C)C)cc3)c3ccccc3C(=O)N2c2ccccc2)cc1. The van der Waals surface area contributed by atoms with E-state index in [2.05, 4.69) is 19.7 Å². The van der Waals surface area contributed by atoms with Crippen LogP contribution in [0.5, 0.6) is 11.5 Å². The Morgan fingerprint density at radius 1 is 0.688 bits per heavy atom. The number of para-hydroxylation sites is 1. The Morgan fingerprint density at radius 2 is 1.19 bits per heavy atom. The first-order chi connectivity index (χ1) is 23.0. The molecule has 7 heteroatoms. The van der Waals surface area contributed by atoms with Crippen molar-refractivity contribution in [3.05, 3.63) is 162 Å². The third-order valence-electron chi connectivity index (χ3n) is 8.09. The molecule has 1 aliphatic heterocycles. The molecule has 1 amide bonds. The van der Waals surface area contributed by atoms with Crippen LogP contribution >= 0.6 is 0 Å². The lowest BCUT2D eigenvalue weighted by molar-refractivity contribution is -0.144. The van der Waals surface area contributed by atoms with Crippen molar-refractivity contribution in [3.8, 4) is 11.5 Å². The fourth-order valence-corrected chi connectivity index (χ4v) is 5.71. The van der Waals surface area contributed by atoms with Gasteiger partial charge in [0.1, 0.15) is 48.2 Å². The van der Waals surface area contributed by atoms with Crippen molar-refractivity contribution in [1.82, 2.24) is 0 Å². The number of ether oxygens (including phenoxy) is 4. The minimum atomic E-state index is -1.01. The van der Waals surface area contributed by atoms with Crippen molar-refractivity contribution in [1.29, 1.82) is 0 Å². The predicted octanol–water partition coefficient (Wildman–Crippen LogP) is 8.40. The number of hydrogen-bond acceptors (Lipinski definition) is 6. The van der Waals surface area contributed by atoms with Gasteiger partial charge in [-0.05, 0) is 92.4 Å². The molecule has 48 heavy (non-hydrogen) atoms. The van der Waals surface area contributed by atoms with Gasteiger partial charge < -0.3 is 18.9 Å². The van der Waals surface area contributed by atoms with E-state index in [-0.39, 0.29) is 18.6 Å². The molecule has 1 heterocycles. The molecule has 1 aliphatic rings. The molecule has 4 aromatic carbocycles. The van der Waals surface area contributed by atoms with E-state index in [1.165, 1.54) is 0 Å². The second-order valence-electron chi connectivity index (χ2n) is 12.0. The van der Waals surface area contributed by atoms with Gasteiger partial charge in [-0.15, -0.1) is 0 Å². The van der Waals surface area contributed by atoms with Gasteiger partial charge in [-0.3, -0.25) is 9.69 Å². The smallest absolute Gasteiger partial charge is 0.333 e. The summed E-state index contributed by atoms with van der Waals surface area (Å²) in [6.45, 7) is 19.0. The number of esters is 1. The van der Waals surface area contributed by atoms with Crippen LogP contribution in [0.2, 0.25) is 0 Å². The van der Waals surface area contributed by atoms with Gasteiger partial charge in [-0.2, -0.15) is 0 Å². The molecule has 4 aromatic rings. The van der Waals surface area contributed by atoms with E-state index >= 15 is 0 Å². The van der Waals surface area contributed by atoms with Crippen LogP contribution in [-0.4, -0.2) is 37.3 Å². The molecule has 0 fully saturated rings. The molecule has 5 rings (SSSR count). The predicted molar refractivity (Wildman–Crippen MR) is 188 cm³/mol. The first-order valence-electron chi connectivity index (χ1n) is 15.9. The molecule has 0 aliphatic carbocycles. The van der Waals surface area contributed by atoms with Gasteiger partial charge in [-0.1, -0.05) is 80.4 Å². The monoisotopic (exact) mass is 643 g/mol. The maximum atomic E-state index is 14.3. The summed E-state index contributed by atoms with van der Waals surface area (Å²) in [4.78, 5) is 28.1. The number of rotatable bonds is 14. The second kappa shape index (κ2) is 14.5. The highest BCUT2D eigenvalue weighted by molar-refractivity contribution is 6.13. The lowest BCUT2D eigenvalue weighted by Crippen LogP contribution is -2.46. The van der Waals surface area contributed by atoms with Gasteiger partial charge in [0, 0.05) is 16.8 Å². The summed E-state index contributed by atoms with van der Waals surface area (Å²) in [5, 5.41) is 0. The lowest BCUT2D eigenvalue weighted by atomic mass is 9.76. The number of hydrogen-bond donors (Lipinski definition) is 0. The highest BCUT2D eigenvalue weighted by Crippen LogP contribution is 2.51. The lowest BCUT2D eigenvalue weighted by Gasteiger charge is -2.40. The van der Waals surface area contributed by atoms with E-state index in [4.69, 9.17) is 18.9 Å². The van der Waals surface area contributed by atoms with E-state index in [0.29, 0.717) is 35.0 Å². The van der Waals surface area contributed by atoms with Gasteiger partial charge >= 0.3 is 5.97 Å². The minimum Gasteiger partial charge on any atom is -0.490 e. The Balaban J connectivity index is 1.52. The van der Waals surface area contributed by atoms with E-state index in [1.807, 2.05) is 122 Å². The zero-order chi connectivity index (χ0) is 34.4. The van der Waals surface area contributed by atoms with Crippen LogP contribution in [0, 0.1) is 0 Å². The van der Waals surface area contributed by atoms with Crippen LogP contribution in [0.3, 0.4) is 0 Å². The summed E-state index contributed by atoms with van der Waals surface area (Å²) in [5.41, 5.74) is 4.09. The van der Waals surface area contributed by atoms with Crippen molar-refractivity contribution < 1.29 is 28.5 Å². The number of benzene rings is 4. The molecule has 246 valence electrons. The van der Waals surface area contributed by atoms with Crippen molar-refractivity contribution >= 4 is 17.6 Å². The quantitative estimate of drug-likeness (QED) is 0.0595. The number of anilines is 1. The number of carbonyl (C=O) groups is 2. The fraction of sp³-hybridized carbons (Fsp3) is 0.220. The summed E-state index contributed by atoms with van der Waals surface area (Å²) in [6.07, 6.45) is -0.691. The number of nitrogens with zero attached hydrogens (tertiary/aromatic N) is 1. The Bertz CT molecular complexity index is 1730. The van der Waals surface area contributed by atoms with Crippen LogP contribution in [0.25, 0.3) is 0 Å². The van der Waals surface area contributed by atoms with Crippen LogP contribution in [0.15, 0.2) is 140 Å². The molecule has 3 unspecified atom stereocenters. The van der Waals surface area contributed by atoms with Crippen molar-refractivity contribution in [2.45, 2.75) is 45.4 Å². The summed E-state index contributed by atoms with van der Waals surface area (Å²) in [5.74, 6) is 1.24. The average molecular weight is 644 g/mol. The largest absolute Gasteiger partial charge is 0.490 e. The standard InChI is InChI=1S/C41H41NO6/c1-27(2)31(7)47-29(5)25-45-35-21-17-32(18-22-35)41(33-19-23-36(24-20-33)46-26-30(6)48-40(44)28(3)4)38-16-12-11-15-37(38)39(43)42(41)34-13-9-8-10-14-34/h8-24,29-30H,1,3,7,25-26H2,2,4-6H3. The molecule has 0 saturated carbocycles. The summed E-state index contributed by atoms with van der Waals surface area (Å²) in [6, 6.07) is 32.9. The topological polar surface area (TPSA) is 74.3 Å². The van der Waals surface area contributed by atoms with Gasteiger partial charge in [0.25, 0.3) is 5.91 Å². The first-order valence-corrected chi connectivity index (χ1v) is 15.9. The number of amides is 1. The fourth-order valence-electron chi connectivity index (χ4n) is 5.71. The summed E-state index contributed by atoms with van der Waals surface area (Å²) >= 11 is 0. The van der Waals surface area contributed by atoms with E-state index in [9.17, 15) is 9.59 Å². The molecule has 7 nitrogen and oxygen atoms in total. The molecule has 3 atom stereocenters. The van der Waals surface area contributed by atoms with Crippen LogP contribution < -0.4 is 14.4 Å². The molecule has 0 bridgehead atoms. The molecular formula is C41H41NO6. The third-order valence-corrected chi connectivity index (χ3v) is 8.09. The normalized spacial score (nSPS) is 16.3. The maximum Gasteiger partial charge on any atom is 0.333 e. The van der Waals surface area contributed by atoms with Gasteiger partial charge in [0.15, 0.2) is 0 Å². The minimum absolute atomic E-state index is 0.102. The van der Waals surface area contributed by atoms with E-state index in [1.54, 1.807) is 13.8 Å². The van der Waals surface area contributed by atoms with E-state index < -0.39 is 17.6 Å². The Kier molecular flexibility index (Phi) is 10.2. The zero-order valence-corrected chi connectivity index (χ0v) is 27.9. The Labute approximate surface area is 282 Å². The average Bonchev–Trinajstić information content (AvgIpc) is 3.36. The molecule has 0 radical (unpaired) electrons. The third kappa shape index (κ3) is 6.91. The summed E-state index contributed by atoms with van der Waals surface area (Å²) in [7, 11) is 0. The van der Waals surface area contributed by atoms with Crippen molar-refractivity contribution in [2.75, 3.05) is 18.1 Å². The van der Waals surface area contributed by atoms with Crippen molar-refractivity contribution in [3.63, 3.8) is 0 Å². The van der Waals surface area contributed by atoms with Crippen molar-refractivity contribution in [2.24, 2.45) is 0 Å². The Hall–Kier alpha value is -5.56. The molecular weight excluding hydrogens is 602 g/mol. The molecule has 0 spiro atoms. The van der Waals surface area contributed by atoms with Gasteiger partial charge in [0.2, 0.25) is 0 Å². The van der Waals surface area contributed by atoms with Gasteiger partial charge in [-0.25, -0.2) is 4.79 Å². The zero-order valence-electron chi connectivity index (χ0n) is 27.9. The van der Waals surface area contributed by atoms with Crippen LogP contribution in [0.4, 0.5) is 5.69 Å². The number of fused-ring (bicyclic) bond motifs is 1. The number of carbonyl (C=O) groups excluding carboxylic acids is 2. The molecule has 0 aromatic heterocycles. The van der Waals surface area contributed by atoms with Crippen LogP contribution in [-0.2, 0) is 19.8 Å². The Morgan fingerprint density at radius 3 is 1.71 bits per heavy atom. The van der Waals surface area contributed by atoms with Gasteiger partial charge in [0.05, 0.1) is 0 Å². The maximum absolute atomic E-state index is 14.3. The van der Waals surface area contributed by atoms with Crippen LogP contribution in [0.1, 0.15) is 54.7 Å². The second-order valence-corrected chi connectivity index (χ2v) is 12.0. The van der Waals surface area contributed by atoms with E-state index in [0.717, 1.165) is 28.0 Å². The number of allylic oxidation sites excluding steroid dienone is 1. The molecule has 0 N–H and O–H groups in total. The molecule has 0 saturated heterocycles. The first kappa shape index (κ1) is 33.8. The summed E-state index contributed by atoms with van der Waals surface area (Å²) < 4.78 is 23.2. The highest BCUT2D eigenvalue weighted by Gasteiger charge is 2.52.